The maximum absolute atomic E-state index is 9.69. The summed E-state index contributed by atoms with van der Waals surface area (Å²) >= 11 is 0. The second-order valence-corrected chi connectivity index (χ2v) is 12.7. The molecule has 1 atom stereocenters. The molecule has 16 nitrogen and oxygen atoms in total. The van der Waals surface area contributed by atoms with E-state index in [9.17, 15) is 5.26 Å². The van der Waals surface area contributed by atoms with E-state index in [-0.39, 0.29) is 12.1 Å². The molecule has 7 rings (SSSR count). The van der Waals surface area contributed by atoms with Crippen molar-refractivity contribution < 1.29 is 14.2 Å². The van der Waals surface area contributed by atoms with Crippen LogP contribution in [0.3, 0.4) is 0 Å². The van der Waals surface area contributed by atoms with Gasteiger partial charge in [-0.05, 0) is 66.8 Å². The fourth-order valence-corrected chi connectivity index (χ4v) is 6.62. The van der Waals surface area contributed by atoms with Crippen LogP contribution in [0.2, 0.25) is 0 Å². The summed E-state index contributed by atoms with van der Waals surface area (Å²) in [4.78, 5) is 11.8. The SMILES string of the molecule is C[C@@H](Cn1cnnn1)Oc1cc(-c2cnc(Nc3cn(C4CCC(N5CCOCC5)CC4)nc3OCCc3ccnn3C)nc2)ccc1C#N. The van der Waals surface area contributed by atoms with E-state index < -0.39 is 0 Å². The van der Waals surface area contributed by atoms with Gasteiger partial charge >= 0.3 is 0 Å². The minimum absolute atomic E-state index is 0.273. The molecule has 0 amide bonds. The highest BCUT2D eigenvalue weighted by molar-refractivity contribution is 5.67. The molecule has 1 aliphatic heterocycles. The highest BCUT2D eigenvalue weighted by atomic mass is 16.5. The Labute approximate surface area is 290 Å². The second-order valence-electron chi connectivity index (χ2n) is 12.7. The predicted molar refractivity (Wildman–Crippen MR) is 182 cm³/mol. The number of hydrogen-bond acceptors (Lipinski definition) is 13. The molecule has 1 saturated heterocycles. The summed E-state index contributed by atoms with van der Waals surface area (Å²) in [7, 11) is 1.93. The van der Waals surface area contributed by atoms with Gasteiger partial charge in [-0.15, -0.1) is 10.2 Å². The van der Waals surface area contributed by atoms with Gasteiger partial charge < -0.3 is 19.5 Å². The molecule has 5 heterocycles. The zero-order valence-electron chi connectivity index (χ0n) is 28.3. The topological polar surface area (TPSA) is 172 Å². The lowest BCUT2D eigenvalue weighted by atomic mass is 9.90. The normalized spacial score (nSPS) is 18.7. The number of rotatable bonds is 13. The van der Waals surface area contributed by atoms with Crippen molar-refractivity contribution in [1.82, 2.24) is 54.6 Å². The Morgan fingerprint density at radius 1 is 1.06 bits per heavy atom. The first kappa shape index (κ1) is 33.1. The average Bonchev–Trinajstić information content (AvgIpc) is 3.91. The van der Waals surface area contributed by atoms with Crippen LogP contribution in [-0.2, 0) is 24.8 Å². The van der Waals surface area contributed by atoms with Gasteiger partial charge in [0.05, 0.1) is 44.2 Å². The number of ether oxygens (including phenoxy) is 3. The Morgan fingerprint density at radius 2 is 1.86 bits per heavy atom. The van der Waals surface area contributed by atoms with Gasteiger partial charge in [0.25, 0.3) is 5.88 Å². The van der Waals surface area contributed by atoms with Gasteiger partial charge in [-0.2, -0.15) is 10.4 Å². The van der Waals surface area contributed by atoms with Gasteiger partial charge in [0, 0.05) is 62.4 Å². The molecule has 1 aliphatic carbocycles. The highest BCUT2D eigenvalue weighted by Crippen LogP contribution is 2.35. The van der Waals surface area contributed by atoms with Gasteiger partial charge in [0.15, 0.2) is 0 Å². The lowest BCUT2D eigenvalue weighted by Gasteiger charge is -2.38. The third-order valence-electron chi connectivity index (χ3n) is 9.32. The zero-order chi connectivity index (χ0) is 34.3. The van der Waals surface area contributed by atoms with Crippen LogP contribution in [0.25, 0.3) is 11.1 Å². The number of nitrogens with one attached hydrogen (secondary N) is 1. The molecule has 1 saturated carbocycles. The van der Waals surface area contributed by atoms with Gasteiger partial charge in [0.2, 0.25) is 5.95 Å². The summed E-state index contributed by atoms with van der Waals surface area (Å²) in [5.41, 5.74) is 3.82. The van der Waals surface area contributed by atoms with Crippen molar-refractivity contribution in [2.24, 2.45) is 7.05 Å². The van der Waals surface area contributed by atoms with E-state index in [2.05, 4.69) is 46.9 Å². The van der Waals surface area contributed by atoms with Gasteiger partial charge in [-0.25, -0.2) is 14.6 Å². The van der Waals surface area contributed by atoms with Crippen molar-refractivity contribution in [3.63, 3.8) is 0 Å². The molecular formula is C34H41N13O3. The first-order chi connectivity index (χ1) is 24.5. The summed E-state index contributed by atoms with van der Waals surface area (Å²) in [6, 6.07) is 10.5. The van der Waals surface area contributed by atoms with Gasteiger partial charge in [-0.3, -0.25) is 14.3 Å². The number of aryl methyl sites for hydroxylation is 1. The van der Waals surface area contributed by atoms with E-state index in [0.29, 0.717) is 54.4 Å². The van der Waals surface area contributed by atoms with E-state index in [1.807, 2.05) is 47.7 Å². The lowest BCUT2D eigenvalue weighted by Crippen LogP contribution is -2.45. The number of anilines is 2. The number of morpholine rings is 1. The maximum atomic E-state index is 9.69. The first-order valence-corrected chi connectivity index (χ1v) is 17.0. The predicted octanol–water partition coefficient (Wildman–Crippen LogP) is 3.58. The van der Waals surface area contributed by atoms with Crippen molar-refractivity contribution >= 4 is 11.6 Å². The van der Waals surface area contributed by atoms with Crippen LogP contribution in [0.4, 0.5) is 11.6 Å². The molecule has 1 N–H and O–H groups in total. The molecule has 260 valence electrons. The van der Waals surface area contributed by atoms with Gasteiger partial charge in [0.1, 0.15) is 29.9 Å². The van der Waals surface area contributed by atoms with Crippen LogP contribution < -0.4 is 14.8 Å². The zero-order valence-corrected chi connectivity index (χ0v) is 28.3. The molecule has 4 aromatic heterocycles. The minimum atomic E-state index is -0.273. The van der Waals surface area contributed by atoms with Crippen molar-refractivity contribution in [3.05, 3.63) is 66.6 Å². The van der Waals surface area contributed by atoms with Gasteiger partial charge in [-0.1, -0.05) is 6.07 Å². The minimum Gasteiger partial charge on any atom is -0.487 e. The molecule has 2 fully saturated rings. The Bertz CT molecular complexity index is 1870. The summed E-state index contributed by atoms with van der Waals surface area (Å²) in [6.07, 6.45) is 13.6. The lowest BCUT2D eigenvalue weighted by molar-refractivity contribution is 0.00503. The molecule has 0 radical (unpaired) electrons. The molecule has 0 unspecified atom stereocenters. The number of nitriles is 1. The van der Waals surface area contributed by atoms with Crippen molar-refractivity contribution in [2.75, 3.05) is 38.2 Å². The smallest absolute Gasteiger partial charge is 0.256 e. The third-order valence-corrected chi connectivity index (χ3v) is 9.32. The van der Waals surface area contributed by atoms with Crippen LogP contribution in [0.15, 0.2) is 55.4 Å². The van der Waals surface area contributed by atoms with E-state index in [1.165, 1.54) is 6.33 Å². The number of benzene rings is 1. The molecular weight excluding hydrogens is 638 g/mol. The number of hydrogen-bond donors (Lipinski definition) is 1. The Morgan fingerprint density at radius 3 is 2.58 bits per heavy atom. The van der Waals surface area contributed by atoms with Crippen molar-refractivity contribution in [2.45, 2.75) is 63.8 Å². The summed E-state index contributed by atoms with van der Waals surface area (Å²) < 4.78 is 23.4. The summed E-state index contributed by atoms with van der Waals surface area (Å²) in [5, 5.41) is 33.4. The van der Waals surface area contributed by atoms with Crippen molar-refractivity contribution in [1.29, 1.82) is 5.26 Å². The Balaban J connectivity index is 1.04. The maximum Gasteiger partial charge on any atom is 0.256 e. The van der Waals surface area contributed by atoms with E-state index in [0.717, 1.165) is 68.8 Å². The molecule has 2 aliphatic rings. The number of aromatic nitrogens is 10. The summed E-state index contributed by atoms with van der Waals surface area (Å²) in [5.74, 6) is 1.40. The van der Waals surface area contributed by atoms with Crippen LogP contribution in [-0.4, -0.2) is 99.7 Å². The van der Waals surface area contributed by atoms with E-state index in [4.69, 9.17) is 19.3 Å². The monoisotopic (exact) mass is 679 g/mol. The van der Waals surface area contributed by atoms with E-state index >= 15 is 0 Å². The Kier molecular flexibility index (Phi) is 10.2. The second kappa shape index (κ2) is 15.4. The first-order valence-electron chi connectivity index (χ1n) is 17.0. The largest absolute Gasteiger partial charge is 0.487 e. The Hall–Kier alpha value is -5.40. The van der Waals surface area contributed by atoms with Crippen LogP contribution in [0.1, 0.15) is 49.9 Å². The molecule has 0 bridgehead atoms. The number of nitrogens with zero attached hydrogens (tertiary/aromatic N) is 12. The van der Waals surface area contributed by atoms with Crippen LogP contribution >= 0.6 is 0 Å². The highest BCUT2D eigenvalue weighted by Gasteiger charge is 2.29. The van der Waals surface area contributed by atoms with E-state index in [1.54, 1.807) is 29.3 Å². The molecule has 1 aromatic carbocycles. The third kappa shape index (κ3) is 7.90. The fraction of sp³-hybridized carbons (Fsp3) is 0.471. The quantitative estimate of drug-likeness (QED) is 0.192. The molecule has 16 heteroatoms. The fourth-order valence-electron chi connectivity index (χ4n) is 6.62. The number of tetrazole rings is 1. The standard InChI is InChI=1S/C34H41N13O3/c1-24(21-46-23-38-42-43-46)50-32-17-25(3-4-26(32)18-35)27-19-36-34(37-20-27)40-31-22-47(41-33(31)49-14-10-28-9-11-39-44(28)2)30-7-5-29(6-8-30)45-12-15-48-16-13-45/h3-4,9,11,17,19-20,22-24,29-30H,5-8,10,12-16,21H2,1-2H3,(H,36,37,40)/t24-,29?,30?/m0/s1. The molecule has 5 aromatic rings. The molecule has 0 spiro atoms. The van der Waals surface area contributed by atoms with Crippen molar-refractivity contribution in [3.8, 4) is 28.8 Å². The average molecular weight is 680 g/mol. The summed E-state index contributed by atoms with van der Waals surface area (Å²) in [6.45, 7) is 6.46. The molecule has 50 heavy (non-hydrogen) atoms. The van der Waals surface area contributed by atoms with Crippen LogP contribution in [0, 0.1) is 11.3 Å². The van der Waals surface area contributed by atoms with Crippen LogP contribution in [0.5, 0.6) is 11.6 Å².